The maximum atomic E-state index is 15.0. The smallest absolute Gasteiger partial charge is 0.428 e. The molecule has 0 saturated carbocycles. The highest BCUT2D eigenvalue weighted by atomic mass is 31.2. The molecule has 0 aliphatic carbocycles. The fourth-order valence-corrected chi connectivity index (χ4v) is 6.59. The SMILES string of the molecule is CCC(CC)N([C@@H](Cc1ccccc1)C(=O)OC(=O)OC(C)(C)C)[P@](=O)(Oc1ccccc1)Oc1c(F)c(F)c(F)c(F)c1F. The molecule has 0 aliphatic rings. The number of para-hydroxylation sites is 1. The number of carbonyl (C=O) groups is 2. The molecule has 8 nitrogen and oxygen atoms in total. The van der Waals surface area contributed by atoms with Crippen LogP contribution in [0.5, 0.6) is 11.5 Å². The maximum Gasteiger partial charge on any atom is 0.516 e. The number of carbonyl (C=O) groups excluding carboxylic acids is 2. The summed E-state index contributed by atoms with van der Waals surface area (Å²) in [5.41, 5.74) is -0.607. The van der Waals surface area contributed by atoms with Crippen molar-refractivity contribution < 1.29 is 54.6 Å². The van der Waals surface area contributed by atoms with Gasteiger partial charge in [-0.3, -0.25) is 0 Å². The number of ether oxygens (including phenoxy) is 2. The van der Waals surface area contributed by atoms with E-state index in [0.717, 1.165) is 4.67 Å². The second-order valence-electron chi connectivity index (χ2n) is 10.8. The van der Waals surface area contributed by atoms with Gasteiger partial charge in [0, 0.05) is 6.04 Å². The van der Waals surface area contributed by atoms with Gasteiger partial charge in [-0.15, -0.1) is 0 Å². The zero-order valence-corrected chi connectivity index (χ0v) is 26.1. The summed E-state index contributed by atoms with van der Waals surface area (Å²) < 4.78 is 109. The highest BCUT2D eigenvalue weighted by molar-refractivity contribution is 7.52. The van der Waals surface area contributed by atoms with Crippen molar-refractivity contribution in [1.82, 2.24) is 4.67 Å². The fraction of sp³-hybridized carbons (Fsp3) is 0.355. The molecule has 3 aromatic rings. The standard InChI is InChI=1S/C31H33F5NO7P/c1-6-20(7-2)37(22(18-19-14-10-8-11-15-19)29(38)41-30(39)42-31(3,4)5)45(40,43-21-16-12-9-13-17-21)44-28-26(35)24(33)23(32)25(34)27(28)36/h8-17,20,22H,6-7,18H2,1-5H3/t22-,45-/m0/s1. The van der Waals surface area contributed by atoms with E-state index < -0.39 is 72.4 Å². The average molecular weight is 658 g/mol. The van der Waals surface area contributed by atoms with Crippen LogP contribution in [0, 0.1) is 29.1 Å². The number of halogens is 5. The average Bonchev–Trinajstić information content (AvgIpc) is 2.99. The molecule has 0 N–H and O–H groups in total. The number of nitrogens with zero attached hydrogens (tertiary/aromatic N) is 1. The van der Waals surface area contributed by atoms with Crippen LogP contribution in [0.15, 0.2) is 60.7 Å². The molecule has 0 unspecified atom stereocenters. The number of rotatable bonds is 12. The summed E-state index contributed by atoms with van der Waals surface area (Å²) in [4.78, 5) is 26.3. The molecular weight excluding hydrogens is 624 g/mol. The van der Waals surface area contributed by atoms with E-state index in [2.05, 4.69) is 0 Å². The number of hydrogen-bond acceptors (Lipinski definition) is 7. The zero-order chi connectivity index (χ0) is 33.5. The van der Waals surface area contributed by atoms with Gasteiger partial charge in [-0.05, 0) is 57.7 Å². The second-order valence-corrected chi connectivity index (χ2v) is 12.6. The molecule has 244 valence electrons. The van der Waals surface area contributed by atoms with Gasteiger partial charge in [0.25, 0.3) is 0 Å². The Hall–Kier alpha value is -3.96. The van der Waals surface area contributed by atoms with Crippen molar-refractivity contribution >= 4 is 19.9 Å². The van der Waals surface area contributed by atoms with Crippen LogP contribution < -0.4 is 9.05 Å². The van der Waals surface area contributed by atoms with E-state index in [-0.39, 0.29) is 25.0 Å². The first kappa shape index (κ1) is 35.5. The molecule has 3 aromatic carbocycles. The molecule has 0 aliphatic heterocycles. The van der Waals surface area contributed by atoms with E-state index in [1.165, 1.54) is 45.0 Å². The monoisotopic (exact) mass is 657 g/mol. The Kier molecular flexibility index (Phi) is 11.7. The minimum absolute atomic E-state index is 0.115. The topological polar surface area (TPSA) is 91.4 Å². The lowest BCUT2D eigenvalue weighted by molar-refractivity contribution is -0.147. The third kappa shape index (κ3) is 8.82. The van der Waals surface area contributed by atoms with Crippen LogP contribution in [0.3, 0.4) is 0 Å². The van der Waals surface area contributed by atoms with Crippen LogP contribution in [0.1, 0.15) is 53.0 Å². The minimum Gasteiger partial charge on any atom is -0.428 e. The molecule has 0 bridgehead atoms. The van der Waals surface area contributed by atoms with Crippen LogP contribution in [0.25, 0.3) is 0 Å². The molecule has 3 rings (SSSR count). The van der Waals surface area contributed by atoms with E-state index in [1.807, 2.05) is 0 Å². The van der Waals surface area contributed by atoms with Crippen molar-refractivity contribution in [3.8, 4) is 11.5 Å². The summed E-state index contributed by atoms with van der Waals surface area (Å²) in [6.07, 6.45) is -1.48. The number of esters is 1. The first-order valence-corrected chi connectivity index (χ1v) is 15.4. The molecule has 45 heavy (non-hydrogen) atoms. The summed E-state index contributed by atoms with van der Waals surface area (Å²) in [7, 11) is -5.36. The van der Waals surface area contributed by atoms with Crippen molar-refractivity contribution in [2.45, 2.75) is 71.6 Å². The molecule has 0 aromatic heterocycles. The number of hydrogen-bond donors (Lipinski definition) is 0. The zero-order valence-electron chi connectivity index (χ0n) is 25.2. The predicted octanol–water partition coefficient (Wildman–Crippen LogP) is 8.53. The largest absolute Gasteiger partial charge is 0.516 e. The third-order valence-corrected chi connectivity index (χ3v) is 8.40. The number of benzene rings is 3. The molecule has 0 spiro atoms. The normalized spacial score (nSPS) is 13.7. The Bertz CT molecular complexity index is 1500. The quantitative estimate of drug-likeness (QED) is 0.0478. The lowest BCUT2D eigenvalue weighted by Gasteiger charge is -2.39. The Morgan fingerprint density at radius 1 is 0.778 bits per heavy atom. The highest BCUT2D eigenvalue weighted by Gasteiger charge is 2.50. The van der Waals surface area contributed by atoms with Gasteiger partial charge < -0.3 is 18.5 Å². The van der Waals surface area contributed by atoms with Crippen LogP contribution in [-0.4, -0.2) is 34.5 Å². The first-order valence-electron chi connectivity index (χ1n) is 13.9. The molecule has 0 heterocycles. The minimum atomic E-state index is -5.36. The Labute approximate surface area is 257 Å². The van der Waals surface area contributed by atoms with Crippen molar-refractivity contribution in [2.75, 3.05) is 0 Å². The fourth-order valence-electron chi connectivity index (χ4n) is 4.34. The van der Waals surface area contributed by atoms with E-state index in [0.29, 0.717) is 5.56 Å². The Balaban J connectivity index is 2.28. The lowest BCUT2D eigenvalue weighted by Crippen LogP contribution is -2.49. The van der Waals surface area contributed by atoms with Crippen LogP contribution in [-0.2, 0) is 25.3 Å². The van der Waals surface area contributed by atoms with Gasteiger partial charge in [0.15, 0.2) is 0 Å². The van der Waals surface area contributed by atoms with E-state index >= 15 is 0 Å². The van der Waals surface area contributed by atoms with E-state index in [4.69, 9.17) is 18.5 Å². The lowest BCUT2D eigenvalue weighted by atomic mass is 10.0. The van der Waals surface area contributed by atoms with E-state index in [1.54, 1.807) is 50.2 Å². The van der Waals surface area contributed by atoms with Crippen LogP contribution >= 0.6 is 7.75 Å². The van der Waals surface area contributed by atoms with Crippen LogP contribution in [0.4, 0.5) is 26.7 Å². The molecule has 14 heteroatoms. The maximum absolute atomic E-state index is 15.0. The van der Waals surface area contributed by atoms with Gasteiger partial charge in [-0.25, -0.2) is 27.3 Å². The Morgan fingerprint density at radius 2 is 1.27 bits per heavy atom. The van der Waals surface area contributed by atoms with Crippen molar-refractivity contribution in [3.05, 3.63) is 95.3 Å². The third-order valence-electron chi connectivity index (χ3n) is 6.38. The van der Waals surface area contributed by atoms with Gasteiger partial charge in [0.05, 0.1) is 0 Å². The predicted molar refractivity (Wildman–Crippen MR) is 154 cm³/mol. The van der Waals surface area contributed by atoms with Gasteiger partial charge in [-0.1, -0.05) is 62.4 Å². The van der Waals surface area contributed by atoms with Crippen molar-refractivity contribution in [1.29, 1.82) is 0 Å². The van der Waals surface area contributed by atoms with E-state index in [9.17, 15) is 36.1 Å². The van der Waals surface area contributed by atoms with Crippen molar-refractivity contribution in [2.24, 2.45) is 0 Å². The summed E-state index contributed by atoms with van der Waals surface area (Å²) in [5.74, 6) is -15.4. The Morgan fingerprint density at radius 3 is 1.76 bits per heavy atom. The summed E-state index contributed by atoms with van der Waals surface area (Å²) in [6, 6.07) is 12.5. The van der Waals surface area contributed by atoms with Gasteiger partial charge in [-0.2, -0.15) is 13.5 Å². The molecular formula is C31H33F5NO7P. The summed E-state index contributed by atoms with van der Waals surface area (Å²) in [6.45, 7) is 7.83. The first-order chi connectivity index (χ1) is 21.1. The van der Waals surface area contributed by atoms with Gasteiger partial charge in [0.2, 0.25) is 34.8 Å². The molecule has 2 atom stereocenters. The van der Waals surface area contributed by atoms with Gasteiger partial charge in [0.1, 0.15) is 17.4 Å². The summed E-state index contributed by atoms with van der Waals surface area (Å²) in [5, 5.41) is 0. The molecule has 0 amide bonds. The second kappa shape index (κ2) is 14.9. The van der Waals surface area contributed by atoms with Crippen molar-refractivity contribution in [3.63, 3.8) is 0 Å². The molecule has 0 fully saturated rings. The summed E-state index contributed by atoms with van der Waals surface area (Å²) >= 11 is 0. The molecule has 0 saturated heterocycles. The van der Waals surface area contributed by atoms with Crippen LogP contribution in [0.2, 0.25) is 0 Å². The van der Waals surface area contributed by atoms with Gasteiger partial charge >= 0.3 is 19.9 Å². The highest BCUT2D eigenvalue weighted by Crippen LogP contribution is 2.56. The molecule has 0 radical (unpaired) electrons.